The first-order valence-electron chi connectivity index (χ1n) is 4.85. The molecule has 1 atom stereocenters. The minimum Gasteiger partial charge on any atom is -0.364 e. The van der Waals surface area contributed by atoms with E-state index in [1.165, 1.54) is 25.1 Å². The van der Waals surface area contributed by atoms with Crippen molar-refractivity contribution in [3.05, 3.63) is 33.8 Å². The fraction of sp³-hybridized carbons (Fsp3) is 0.455. The number of benzene rings is 1. The van der Waals surface area contributed by atoms with Gasteiger partial charge < -0.3 is 4.74 Å². The van der Waals surface area contributed by atoms with Crippen LogP contribution in [-0.2, 0) is 10.3 Å². The number of rotatable bonds is 3. The van der Waals surface area contributed by atoms with E-state index in [1.807, 2.05) is 0 Å². The van der Waals surface area contributed by atoms with E-state index in [2.05, 4.69) is 0 Å². The maximum absolute atomic E-state index is 13.1. The van der Waals surface area contributed by atoms with Crippen LogP contribution in [0.15, 0.2) is 18.2 Å². The minimum atomic E-state index is -4.54. The van der Waals surface area contributed by atoms with Crippen LogP contribution in [0.2, 0.25) is 10.0 Å². The van der Waals surface area contributed by atoms with Gasteiger partial charge in [0.05, 0.1) is 0 Å². The van der Waals surface area contributed by atoms with Gasteiger partial charge in [0.25, 0.3) is 0 Å². The van der Waals surface area contributed by atoms with Gasteiger partial charge in [0.2, 0.25) is 0 Å². The van der Waals surface area contributed by atoms with Crippen molar-refractivity contribution in [1.82, 2.24) is 0 Å². The van der Waals surface area contributed by atoms with E-state index in [0.717, 1.165) is 7.11 Å². The van der Waals surface area contributed by atoms with Crippen LogP contribution < -0.4 is 0 Å². The summed E-state index contributed by atoms with van der Waals surface area (Å²) in [6, 6.07) is 3.81. The molecule has 0 aliphatic carbocycles. The maximum atomic E-state index is 13.1. The zero-order chi connectivity index (χ0) is 13.3. The molecule has 0 radical (unpaired) electrons. The Bertz CT molecular complexity index is 380. The van der Waals surface area contributed by atoms with Gasteiger partial charge in [-0.1, -0.05) is 30.1 Å². The van der Waals surface area contributed by atoms with Gasteiger partial charge in [0.15, 0.2) is 5.60 Å². The molecule has 0 saturated carbocycles. The Morgan fingerprint density at radius 3 is 1.88 bits per heavy atom. The van der Waals surface area contributed by atoms with Crippen molar-refractivity contribution in [2.45, 2.75) is 25.1 Å². The second-order valence-corrected chi connectivity index (χ2v) is 4.41. The van der Waals surface area contributed by atoms with Crippen LogP contribution in [0.3, 0.4) is 0 Å². The highest BCUT2D eigenvalue weighted by Crippen LogP contribution is 2.45. The summed E-state index contributed by atoms with van der Waals surface area (Å²) in [5.74, 6) is 0. The minimum absolute atomic E-state index is 0.0903. The molecular formula is C11H11Cl2F3O. The summed E-state index contributed by atoms with van der Waals surface area (Å²) < 4.78 is 44.0. The van der Waals surface area contributed by atoms with Crippen LogP contribution in [-0.4, -0.2) is 13.3 Å². The molecule has 0 bridgehead atoms. The molecule has 0 amide bonds. The summed E-state index contributed by atoms with van der Waals surface area (Å²) in [7, 11) is 1.02. The van der Waals surface area contributed by atoms with Crippen molar-refractivity contribution in [2.24, 2.45) is 0 Å². The number of methoxy groups -OCH3 is 1. The largest absolute Gasteiger partial charge is 0.421 e. The first-order chi connectivity index (χ1) is 7.76. The van der Waals surface area contributed by atoms with E-state index in [9.17, 15) is 13.2 Å². The van der Waals surface area contributed by atoms with Crippen LogP contribution in [0.1, 0.15) is 18.9 Å². The van der Waals surface area contributed by atoms with Gasteiger partial charge >= 0.3 is 6.18 Å². The molecule has 0 aliphatic heterocycles. The number of ether oxygens (including phenoxy) is 1. The normalized spacial score (nSPS) is 15.7. The Balaban J connectivity index is 3.42. The van der Waals surface area contributed by atoms with Gasteiger partial charge in [-0.15, -0.1) is 0 Å². The zero-order valence-corrected chi connectivity index (χ0v) is 10.7. The van der Waals surface area contributed by atoms with Crippen LogP contribution in [0.25, 0.3) is 0 Å². The molecule has 0 N–H and O–H groups in total. The third kappa shape index (κ3) is 2.69. The molecule has 0 heterocycles. The van der Waals surface area contributed by atoms with Crippen molar-refractivity contribution < 1.29 is 17.9 Å². The molecule has 0 fully saturated rings. The van der Waals surface area contributed by atoms with Gasteiger partial charge in [-0.2, -0.15) is 13.2 Å². The fourth-order valence-corrected chi connectivity index (χ4v) is 2.26. The molecule has 1 nitrogen and oxygen atoms in total. The third-order valence-electron chi connectivity index (χ3n) is 2.63. The van der Waals surface area contributed by atoms with E-state index in [0.29, 0.717) is 0 Å². The molecular weight excluding hydrogens is 276 g/mol. The molecule has 0 aromatic heterocycles. The second-order valence-electron chi connectivity index (χ2n) is 3.54. The summed E-state index contributed by atoms with van der Waals surface area (Å²) in [4.78, 5) is 0. The quantitative estimate of drug-likeness (QED) is 0.775. The Morgan fingerprint density at radius 2 is 1.59 bits per heavy atom. The summed E-state index contributed by atoms with van der Waals surface area (Å²) in [5, 5.41) is 0.290. The van der Waals surface area contributed by atoms with E-state index in [1.54, 1.807) is 0 Å². The Hall–Kier alpha value is -0.450. The fourth-order valence-electron chi connectivity index (χ4n) is 1.73. The SMILES string of the molecule is CCC(OC)(c1cc(Cl)cc(Cl)c1)C(F)(F)F. The van der Waals surface area contributed by atoms with Crippen LogP contribution in [0.4, 0.5) is 13.2 Å². The van der Waals surface area contributed by atoms with Gasteiger partial charge in [0, 0.05) is 17.2 Å². The molecule has 0 saturated heterocycles. The van der Waals surface area contributed by atoms with Crippen LogP contribution in [0, 0.1) is 0 Å². The van der Waals surface area contributed by atoms with Crippen molar-refractivity contribution in [3.8, 4) is 0 Å². The third-order valence-corrected chi connectivity index (χ3v) is 3.07. The highest BCUT2D eigenvalue weighted by molar-refractivity contribution is 6.34. The smallest absolute Gasteiger partial charge is 0.364 e. The van der Waals surface area contributed by atoms with Crippen LogP contribution >= 0.6 is 23.2 Å². The zero-order valence-electron chi connectivity index (χ0n) is 9.24. The number of hydrogen-bond donors (Lipinski definition) is 0. The number of hydrogen-bond acceptors (Lipinski definition) is 1. The number of halogens is 5. The van der Waals surface area contributed by atoms with Crippen LogP contribution in [0.5, 0.6) is 0 Å². The Kier molecular flexibility index (Phi) is 4.33. The molecule has 96 valence electrons. The molecule has 0 aliphatic rings. The lowest BCUT2D eigenvalue weighted by Gasteiger charge is -2.34. The lowest BCUT2D eigenvalue weighted by molar-refractivity contribution is -0.278. The van der Waals surface area contributed by atoms with Gasteiger partial charge in [-0.25, -0.2) is 0 Å². The predicted molar refractivity (Wildman–Crippen MR) is 61.5 cm³/mol. The predicted octanol–water partition coefficient (Wildman–Crippen LogP) is 4.81. The average molecular weight is 287 g/mol. The first-order valence-corrected chi connectivity index (χ1v) is 5.61. The van der Waals surface area contributed by atoms with Crippen molar-refractivity contribution in [1.29, 1.82) is 0 Å². The highest BCUT2D eigenvalue weighted by atomic mass is 35.5. The molecule has 1 aromatic carbocycles. The monoisotopic (exact) mass is 286 g/mol. The molecule has 1 aromatic rings. The highest BCUT2D eigenvalue weighted by Gasteiger charge is 2.55. The topological polar surface area (TPSA) is 9.23 Å². The van der Waals surface area contributed by atoms with E-state index >= 15 is 0 Å². The van der Waals surface area contributed by atoms with E-state index < -0.39 is 11.8 Å². The second kappa shape index (κ2) is 5.04. The summed E-state index contributed by atoms with van der Waals surface area (Å²) >= 11 is 11.4. The van der Waals surface area contributed by atoms with Gasteiger partial charge in [-0.3, -0.25) is 0 Å². The Morgan fingerprint density at radius 1 is 1.12 bits per heavy atom. The summed E-state index contributed by atoms with van der Waals surface area (Å²) in [6.45, 7) is 1.39. The molecule has 0 spiro atoms. The van der Waals surface area contributed by atoms with E-state index in [4.69, 9.17) is 27.9 Å². The van der Waals surface area contributed by atoms with Crippen molar-refractivity contribution in [2.75, 3.05) is 7.11 Å². The summed E-state index contributed by atoms with van der Waals surface area (Å²) in [5.41, 5.74) is -2.46. The first kappa shape index (κ1) is 14.6. The van der Waals surface area contributed by atoms with Gasteiger partial charge in [0.1, 0.15) is 0 Å². The van der Waals surface area contributed by atoms with Gasteiger partial charge in [-0.05, 0) is 30.2 Å². The van der Waals surface area contributed by atoms with E-state index in [-0.39, 0.29) is 22.0 Å². The average Bonchev–Trinajstić information content (AvgIpc) is 2.16. The molecule has 1 rings (SSSR count). The molecule has 1 unspecified atom stereocenters. The van der Waals surface area contributed by atoms with Crippen molar-refractivity contribution >= 4 is 23.2 Å². The lowest BCUT2D eigenvalue weighted by atomic mass is 9.90. The standard InChI is InChI=1S/C11H11Cl2F3O/c1-3-10(17-2,11(14,15)16)7-4-8(12)6-9(13)5-7/h4-6H,3H2,1-2H3. The lowest BCUT2D eigenvalue weighted by Crippen LogP contribution is -2.43. The number of alkyl halides is 3. The molecule has 17 heavy (non-hydrogen) atoms. The van der Waals surface area contributed by atoms with Crippen molar-refractivity contribution in [3.63, 3.8) is 0 Å². The maximum Gasteiger partial charge on any atom is 0.421 e. The molecule has 6 heteroatoms. The summed E-state index contributed by atoms with van der Waals surface area (Å²) in [6.07, 6.45) is -4.80. The Labute approximate surface area is 107 Å².